The van der Waals surface area contributed by atoms with Crippen molar-refractivity contribution in [2.75, 3.05) is 40.5 Å². The van der Waals surface area contributed by atoms with Gasteiger partial charge in [0.25, 0.3) is 5.91 Å². The molecule has 2 aliphatic rings. The average Bonchev–Trinajstić information content (AvgIpc) is 3.90. The molecule has 1 fully saturated rings. The van der Waals surface area contributed by atoms with E-state index in [1.165, 1.54) is 0 Å². The summed E-state index contributed by atoms with van der Waals surface area (Å²) in [5, 5.41) is 3.40. The standard InChI is InChI=1S/C38H47N3O5/c1-38(2,3)46-37(43)40-18-16-34(31-13-9-12-30(23-31)29-10-7-6-8-11-29)35(26-40)36(42)41(32-14-15-32)25-28-20-27(21-33(22-28)45-5)24-39-17-19-44-4/h6-13,20-23,32,39H,14-19,24-26H2,1-5H3. The number of rotatable bonds is 12. The molecule has 0 spiro atoms. The van der Waals surface area contributed by atoms with Crippen LogP contribution >= 0.6 is 0 Å². The Morgan fingerprint density at radius 3 is 2.33 bits per heavy atom. The first kappa shape index (κ1) is 33.2. The second-order valence-electron chi connectivity index (χ2n) is 13.1. The van der Waals surface area contributed by atoms with Crippen molar-refractivity contribution in [2.24, 2.45) is 0 Å². The number of carbonyl (C=O) groups excluding carboxylic acids is 2. The maximum atomic E-state index is 14.7. The number of nitrogens with one attached hydrogen (secondary N) is 1. The topological polar surface area (TPSA) is 80.3 Å². The predicted molar refractivity (Wildman–Crippen MR) is 181 cm³/mol. The third-order valence-electron chi connectivity index (χ3n) is 8.25. The molecule has 1 aliphatic heterocycles. The lowest BCUT2D eigenvalue weighted by Gasteiger charge is -2.34. The molecule has 46 heavy (non-hydrogen) atoms. The minimum atomic E-state index is -0.627. The van der Waals surface area contributed by atoms with E-state index in [1.807, 2.05) is 62.1 Å². The van der Waals surface area contributed by atoms with Crippen LogP contribution in [0.1, 0.15) is 56.7 Å². The van der Waals surface area contributed by atoms with Crippen molar-refractivity contribution >= 4 is 17.6 Å². The average molecular weight is 626 g/mol. The van der Waals surface area contributed by atoms with E-state index in [-0.39, 0.29) is 18.5 Å². The zero-order valence-electron chi connectivity index (χ0n) is 27.8. The number of ether oxygens (including phenoxy) is 3. The second-order valence-corrected chi connectivity index (χ2v) is 13.1. The van der Waals surface area contributed by atoms with Gasteiger partial charge < -0.3 is 29.3 Å². The van der Waals surface area contributed by atoms with Gasteiger partial charge in [0.05, 0.1) is 20.3 Å². The minimum Gasteiger partial charge on any atom is -0.497 e. The maximum Gasteiger partial charge on any atom is 0.410 e. The molecular weight excluding hydrogens is 578 g/mol. The summed E-state index contributed by atoms with van der Waals surface area (Å²) in [5.41, 5.74) is 6.33. The summed E-state index contributed by atoms with van der Waals surface area (Å²) in [7, 11) is 3.35. The van der Waals surface area contributed by atoms with E-state index in [9.17, 15) is 9.59 Å². The predicted octanol–water partition coefficient (Wildman–Crippen LogP) is 6.68. The minimum absolute atomic E-state index is 0.0292. The molecule has 0 unspecified atom stereocenters. The Balaban J connectivity index is 1.48. The van der Waals surface area contributed by atoms with Gasteiger partial charge in [0.15, 0.2) is 0 Å². The zero-order chi connectivity index (χ0) is 32.7. The molecule has 8 heteroatoms. The van der Waals surface area contributed by atoms with Crippen LogP contribution in [0.15, 0.2) is 78.4 Å². The smallest absolute Gasteiger partial charge is 0.410 e. The number of carbonyl (C=O) groups is 2. The van der Waals surface area contributed by atoms with Crippen molar-refractivity contribution in [3.8, 4) is 16.9 Å². The van der Waals surface area contributed by atoms with E-state index in [0.717, 1.165) is 58.5 Å². The van der Waals surface area contributed by atoms with Crippen molar-refractivity contribution < 1.29 is 23.8 Å². The monoisotopic (exact) mass is 625 g/mol. The third-order valence-corrected chi connectivity index (χ3v) is 8.25. The summed E-state index contributed by atoms with van der Waals surface area (Å²) in [5.74, 6) is 0.731. The van der Waals surface area contributed by atoms with E-state index in [0.29, 0.717) is 38.2 Å². The van der Waals surface area contributed by atoms with Gasteiger partial charge >= 0.3 is 6.09 Å². The van der Waals surface area contributed by atoms with Gasteiger partial charge in [0.1, 0.15) is 11.4 Å². The Morgan fingerprint density at radius 1 is 0.913 bits per heavy atom. The van der Waals surface area contributed by atoms with E-state index in [1.54, 1.807) is 19.1 Å². The first-order valence-corrected chi connectivity index (χ1v) is 16.2. The fourth-order valence-corrected chi connectivity index (χ4v) is 5.85. The molecule has 0 bridgehead atoms. The van der Waals surface area contributed by atoms with Crippen LogP contribution in [0.2, 0.25) is 0 Å². The second kappa shape index (κ2) is 15.0. The van der Waals surface area contributed by atoms with Gasteiger partial charge in [-0.05, 0) is 91.6 Å². The molecule has 5 rings (SSSR count). The van der Waals surface area contributed by atoms with E-state index in [2.05, 4.69) is 41.7 Å². The molecule has 1 aliphatic carbocycles. The maximum absolute atomic E-state index is 14.7. The van der Waals surface area contributed by atoms with Crippen LogP contribution < -0.4 is 10.1 Å². The summed E-state index contributed by atoms with van der Waals surface area (Å²) in [6.07, 6.45) is 2.09. The molecular formula is C38H47N3O5. The van der Waals surface area contributed by atoms with Crippen LogP contribution in [0, 0.1) is 0 Å². The fraction of sp³-hybridized carbons (Fsp3) is 0.421. The Kier molecular flexibility index (Phi) is 10.8. The molecule has 0 saturated heterocycles. The van der Waals surface area contributed by atoms with Crippen LogP contribution in [0.25, 0.3) is 16.7 Å². The largest absolute Gasteiger partial charge is 0.497 e. The van der Waals surface area contributed by atoms with Crippen molar-refractivity contribution in [3.05, 3.63) is 95.1 Å². The normalized spacial score (nSPS) is 15.1. The molecule has 2 amide bonds. The highest BCUT2D eigenvalue weighted by Crippen LogP contribution is 2.36. The van der Waals surface area contributed by atoms with Gasteiger partial charge in [-0.3, -0.25) is 4.79 Å². The van der Waals surface area contributed by atoms with Crippen molar-refractivity contribution in [2.45, 2.75) is 64.8 Å². The van der Waals surface area contributed by atoms with Crippen molar-refractivity contribution in [1.29, 1.82) is 0 Å². The summed E-state index contributed by atoms with van der Waals surface area (Å²) >= 11 is 0. The van der Waals surface area contributed by atoms with Crippen LogP contribution in [-0.4, -0.2) is 73.9 Å². The van der Waals surface area contributed by atoms with Gasteiger partial charge in [-0.15, -0.1) is 0 Å². The third kappa shape index (κ3) is 8.77. The number of methoxy groups -OCH3 is 2. The van der Waals surface area contributed by atoms with Crippen molar-refractivity contribution in [3.63, 3.8) is 0 Å². The molecule has 1 saturated carbocycles. The Morgan fingerprint density at radius 2 is 1.63 bits per heavy atom. The Hall–Kier alpha value is -4.14. The molecule has 3 aromatic carbocycles. The number of hydrogen-bond donors (Lipinski definition) is 1. The van der Waals surface area contributed by atoms with Gasteiger partial charge in [-0.1, -0.05) is 54.6 Å². The Bertz CT molecular complexity index is 1540. The summed E-state index contributed by atoms with van der Waals surface area (Å²) in [6.45, 7) is 8.77. The van der Waals surface area contributed by atoms with Gasteiger partial charge in [-0.2, -0.15) is 0 Å². The van der Waals surface area contributed by atoms with Crippen LogP contribution in [0.4, 0.5) is 4.79 Å². The first-order valence-electron chi connectivity index (χ1n) is 16.2. The molecule has 3 aromatic rings. The molecule has 0 aromatic heterocycles. The lowest BCUT2D eigenvalue weighted by molar-refractivity contribution is -0.128. The van der Waals surface area contributed by atoms with Crippen molar-refractivity contribution in [1.82, 2.24) is 15.1 Å². The fourth-order valence-electron chi connectivity index (χ4n) is 5.85. The lowest BCUT2D eigenvalue weighted by Crippen LogP contribution is -2.44. The number of benzene rings is 3. The molecule has 1 N–H and O–H groups in total. The molecule has 8 nitrogen and oxygen atoms in total. The molecule has 1 heterocycles. The van der Waals surface area contributed by atoms with E-state index >= 15 is 0 Å². The molecule has 244 valence electrons. The van der Waals surface area contributed by atoms with Crippen LogP contribution in [-0.2, 0) is 27.4 Å². The summed E-state index contributed by atoms with van der Waals surface area (Å²) in [4.78, 5) is 31.6. The Labute approximate surface area is 273 Å². The lowest BCUT2D eigenvalue weighted by atomic mass is 9.90. The number of nitrogens with zero attached hydrogens (tertiary/aromatic N) is 2. The number of hydrogen-bond acceptors (Lipinski definition) is 6. The summed E-state index contributed by atoms with van der Waals surface area (Å²) < 4.78 is 16.5. The zero-order valence-corrected chi connectivity index (χ0v) is 27.8. The van der Waals surface area contributed by atoms with Gasteiger partial charge in [0.2, 0.25) is 0 Å². The van der Waals surface area contributed by atoms with Crippen LogP contribution in [0.5, 0.6) is 5.75 Å². The van der Waals surface area contributed by atoms with Crippen LogP contribution in [0.3, 0.4) is 0 Å². The van der Waals surface area contributed by atoms with E-state index < -0.39 is 11.7 Å². The summed E-state index contributed by atoms with van der Waals surface area (Å²) in [6, 6.07) is 24.9. The van der Waals surface area contributed by atoms with E-state index in [4.69, 9.17) is 14.2 Å². The SMILES string of the molecule is COCCNCc1cc(CN(C(=O)C2=C(c3cccc(-c4ccccc4)c3)CCN(C(=O)OC(C)(C)C)C2)C2CC2)cc(OC)c1. The highest BCUT2D eigenvalue weighted by Gasteiger charge is 2.38. The van der Waals surface area contributed by atoms with Gasteiger partial charge in [0, 0.05) is 44.9 Å². The van der Waals surface area contributed by atoms with Gasteiger partial charge in [-0.25, -0.2) is 4.79 Å². The highest BCUT2D eigenvalue weighted by molar-refractivity contribution is 6.03. The molecule has 0 radical (unpaired) electrons. The first-order chi connectivity index (χ1) is 22.1. The molecule has 0 atom stereocenters. The quantitative estimate of drug-likeness (QED) is 0.226. The number of amides is 2. The highest BCUT2D eigenvalue weighted by atomic mass is 16.6.